The Bertz CT molecular complexity index is 579. The van der Waals surface area contributed by atoms with Crippen molar-refractivity contribution in [3.05, 3.63) is 70.5 Å². The first kappa shape index (κ1) is 15.6. The monoisotopic (exact) mass is 330 g/mol. The van der Waals surface area contributed by atoms with Gasteiger partial charge in [0.15, 0.2) is 0 Å². The molecule has 0 atom stereocenters. The minimum Gasteiger partial charge on any atom is -0.207 e. The van der Waals surface area contributed by atoms with Crippen molar-refractivity contribution < 1.29 is 4.39 Å². The molecule has 0 saturated carbocycles. The first-order valence-corrected chi connectivity index (χ1v) is 7.67. The van der Waals surface area contributed by atoms with Crippen LogP contribution in [-0.4, -0.2) is 11.8 Å². The molecule has 0 saturated heterocycles. The van der Waals surface area contributed by atoms with Gasteiger partial charge in [-0.15, -0.1) is 23.2 Å². The minimum atomic E-state index is -0.532. The van der Waals surface area contributed by atoms with Crippen LogP contribution in [0, 0.1) is 5.82 Å². The molecule has 20 heavy (non-hydrogen) atoms. The quantitative estimate of drug-likeness (QED) is 0.640. The molecule has 2 rings (SSSR count). The topological polar surface area (TPSA) is 0 Å². The van der Waals surface area contributed by atoms with Gasteiger partial charge in [-0.3, -0.25) is 0 Å². The van der Waals surface area contributed by atoms with Crippen LogP contribution in [-0.2, 0) is 11.8 Å². The van der Waals surface area contributed by atoms with Gasteiger partial charge in [-0.05, 0) is 35.7 Å². The molecular formula is C16H14Cl3F. The van der Waals surface area contributed by atoms with E-state index in [4.69, 9.17) is 34.8 Å². The molecule has 0 spiro atoms. The highest BCUT2D eigenvalue weighted by atomic mass is 35.5. The smallest absolute Gasteiger partial charge is 0.126 e. The second-order valence-electron chi connectivity index (χ2n) is 4.83. The van der Waals surface area contributed by atoms with E-state index >= 15 is 0 Å². The highest BCUT2D eigenvalue weighted by Crippen LogP contribution is 2.33. The van der Waals surface area contributed by atoms with Gasteiger partial charge in [-0.25, -0.2) is 4.39 Å². The lowest BCUT2D eigenvalue weighted by molar-refractivity contribution is 0.512. The normalized spacial score (nSPS) is 11.6. The van der Waals surface area contributed by atoms with Gasteiger partial charge in [0, 0.05) is 22.2 Å². The molecular weight excluding hydrogens is 318 g/mol. The van der Waals surface area contributed by atoms with Crippen LogP contribution in [0.5, 0.6) is 0 Å². The second-order valence-corrected chi connectivity index (χ2v) is 5.80. The Morgan fingerprint density at radius 1 is 0.950 bits per heavy atom. The largest absolute Gasteiger partial charge is 0.207 e. The summed E-state index contributed by atoms with van der Waals surface area (Å²) in [5.74, 6) is 0.352. The van der Waals surface area contributed by atoms with Crippen molar-refractivity contribution in [3.63, 3.8) is 0 Å². The minimum absolute atomic E-state index is 0.242. The Balaban J connectivity index is 2.42. The Kier molecular flexibility index (Phi) is 5.31. The Hall–Kier alpha value is -0.760. The summed E-state index contributed by atoms with van der Waals surface area (Å²) in [6, 6.07) is 14.1. The fraction of sp³-hybridized carbons (Fsp3) is 0.250. The average molecular weight is 332 g/mol. The van der Waals surface area contributed by atoms with Gasteiger partial charge in [0.1, 0.15) is 5.82 Å². The Labute approximate surface area is 133 Å². The fourth-order valence-electron chi connectivity index (χ4n) is 2.21. The zero-order chi connectivity index (χ0) is 14.6. The van der Waals surface area contributed by atoms with E-state index in [1.165, 1.54) is 6.07 Å². The summed E-state index contributed by atoms with van der Waals surface area (Å²) in [7, 11) is 0. The van der Waals surface area contributed by atoms with Crippen LogP contribution in [0.1, 0.15) is 11.1 Å². The maximum Gasteiger partial charge on any atom is 0.126 e. The van der Waals surface area contributed by atoms with Crippen LogP contribution in [0.3, 0.4) is 0 Å². The van der Waals surface area contributed by atoms with Crippen LogP contribution < -0.4 is 0 Å². The molecule has 0 N–H and O–H groups in total. The standard InChI is InChI=1S/C16H14Cl3F/c17-10-16(11-18,13-5-3-6-14(19)8-13)9-12-4-1-2-7-15(12)20/h1-8H,9-11H2. The van der Waals surface area contributed by atoms with Crippen molar-refractivity contribution in [2.75, 3.05) is 11.8 Å². The Morgan fingerprint density at radius 3 is 2.25 bits per heavy atom. The molecule has 2 aromatic carbocycles. The van der Waals surface area contributed by atoms with Crippen molar-refractivity contribution in [1.29, 1.82) is 0 Å². The highest BCUT2D eigenvalue weighted by molar-refractivity contribution is 6.30. The number of halogens is 4. The molecule has 0 unspecified atom stereocenters. The molecule has 0 heterocycles. The molecule has 0 aliphatic carbocycles. The van der Waals surface area contributed by atoms with Gasteiger partial charge in [-0.1, -0.05) is 41.9 Å². The van der Waals surface area contributed by atoms with Crippen LogP contribution in [0.4, 0.5) is 4.39 Å². The summed E-state index contributed by atoms with van der Waals surface area (Å²) in [4.78, 5) is 0. The van der Waals surface area contributed by atoms with Crippen LogP contribution in [0.15, 0.2) is 48.5 Å². The fourth-order valence-corrected chi connectivity index (χ4v) is 3.18. The third-order valence-corrected chi connectivity index (χ3v) is 4.69. The Morgan fingerprint density at radius 2 is 1.65 bits per heavy atom. The predicted molar refractivity (Wildman–Crippen MR) is 84.7 cm³/mol. The number of rotatable bonds is 5. The average Bonchev–Trinajstić information content (AvgIpc) is 2.47. The number of hydrogen-bond acceptors (Lipinski definition) is 0. The van der Waals surface area contributed by atoms with E-state index in [0.717, 1.165) is 5.56 Å². The lowest BCUT2D eigenvalue weighted by Crippen LogP contribution is -2.33. The van der Waals surface area contributed by atoms with Crippen LogP contribution in [0.25, 0.3) is 0 Å². The summed E-state index contributed by atoms with van der Waals surface area (Å²) in [5, 5.41) is 0.621. The molecule has 0 aliphatic heterocycles. The molecule has 0 nitrogen and oxygen atoms in total. The van der Waals surface area contributed by atoms with Gasteiger partial charge >= 0.3 is 0 Å². The van der Waals surface area contributed by atoms with E-state index in [1.807, 2.05) is 24.3 Å². The zero-order valence-corrected chi connectivity index (χ0v) is 13.0. The van der Waals surface area contributed by atoms with Gasteiger partial charge in [0.2, 0.25) is 0 Å². The van der Waals surface area contributed by atoms with Gasteiger partial charge in [-0.2, -0.15) is 0 Å². The lowest BCUT2D eigenvalue weighted by Gasteiger charge is -2.30. The maximum absolute atomic E-state index is 13.9. The maximum atomic E-state index is 13.9. The lowest BCUT2D eigenvalue weighted by atomic mass is 9.78. The highest BCUT2D eigenvalue weighted by Gasteiger charge is 2.32. The van der Waals surface area contributed by atoms with Gasteiger partial charge in [0.25, 0.3) is 0 Å². The third-order valence-electron chi connectivity index (χ3n) is 3.44. The molecule has 0 bridgehead atoms. The summed E-state index contributed by atoms with van der Waals surface area (Å²) >= 11 is 18.4. The first-order chi connectivity index (χ1) is 9.61. The first-order valence-electron chi connectivity index (χ1n) is 6.23. The van der Waals surface area contributed by atoms with Gasteiger partial charge in [0.05, 0.1) is 0 Å². The van der Waals surface area contributed by atoms with E-state index < -0.39 is 5.41 Å². The second kappa shape index (κ2) is 6.80. The SMILES string of the molecule is Fc1ccccc1CC(CCl)(CCl)c1cccc(Cl)c1. The van der Waals surface area contributed by atoms with Crippen molar-refractivity contribution in [2.24, 2.45) is 0 Å². The summed E-state index contributed by atoms with van der Waals surface area (Å²) in [5.41, 5.74) is 1.00. The van der Waals surface area contributed by atoms with Gasteiger partial charge < -0.3 is 0 Å². The molecule has 2 aromatic rings. The van der Waals surface area contributed by atoms with E-state index in [2.05, 4.69) is 0 Å². The molecule has 0 aromatic heterocycles. The summed E-state index contributed by atoms with van der Waals surface area (Å²) in [6.07, 6.45) is 0.438. The molecule has 0 amide bonds. The molecule has 0 radical (unpaired) electrons. The zero-order valence-electron chi connectivity index (χ0n) is 10.8. The summed E-state index contributed by atoms with van der Waals surface area (Å²) < 4.78 is 13.9. The van der Waals surface area contributed by atoms with Crippen molar-refractivity contribution in [1.82, 2.24) is 0 Å². The van der Waals surface area contributed by atoms with Crippen LogP contribution >= 0.6 is 34.8 Å². The number of benzene rings is 2. The van der Waals surface area contributed by atoms with Crippen molar-refractivity contribution in [3.8, 4) is 0 Å². The van der Waals surface area contributed by atoms with E-state index in [-0.39, 0.29) is 5.82 Å². The van der Waals surface area contributed by atoms with Crippen LogP contribution in [0.2, 0.25) is 5.02 Å². The molecule has 106 valence electrons. The summed E-state index contributed by atoms with van der Waals surface area (Å²) in [6.45, 7) is 0. The van der Waals surface area contributed by atoms with E-state index in [1.54, 1.807) is 18.2 Å². The van der Waals surface area contributed by atoms with E-state index in [9.17, 15) is 4.39 Å². The molecule has 0 fully saturated rings. The number of hydrogen-bond donors (Lipinski definition) is 0. The third kappa shape index (κ3) is 3.28. The molecule has 4 heteroatoms. The predicted octanol–water partition coefficient (Wildman–Crippen LogP) is 5.44. The number of alkyl halides is 2. The van der Waals surface area contributed by atoms with Crippen molar-refractivity contribution >= 4 is 34.8 Å². The van der Waals surface area contributed by atoms with E-state index in [0.29, 0.717) is 28.8 Å². The molecule has 0 aliphatic rings. The van der Waals surface area contributed by atoms with Crippen molar-refractivity contribution in [2.45, 2.75) is 11.8 Å².